The second-order valence-electron chi connectivity index (χ2n) is 28.7. The molecule has 1 radical (unpaired) electrons. The van der Waals surface area contributed by atoms with Gasteiger partial charge in [-0.1, -0.05) is 213 Å². The van der Waals surface area contributed by atoms with Gasteiger partial charge in [0.05, 0.1) is 28.0 Å². The summed E-state index contributed by atoms with van der Waals surface area (Å²) < 4.78 is 34.6. The molecule has 0 saturated heterocycles. The van der Waals surface area contributed by atoms with Gasteiger partial charge in [0.1, 0.15) is 0 Å². The Bertz CT molecular complexity index is 4700. The van der Waals surface area contributed by atoms with Gasteiger partial charge in [-0.3, -0.25) is 4.98 Å². The van der Waals surface area contributed by atoms with Crippen molar-refractivity contribution in [1.29, 1.82) is 0 Å². The summed E-state index contributed by atoms with van der Waals surface area (Å²) in [4.78, 5) is 15.1. The van der Waals surface area contributed by atoms with E-state index in [1.54, 1.807) is 28.3 Å². The molecule has 86 heavy (non-hydrogen) atoms. The standard InChI is InChI=1S/C45H36N3O.C35H44N.Ir/c1-26(2)35-24-32(29-13-7-6-8-14-29)25-36(27(3)4)42(35)48-39-18-12-11-17-38(39)46-44(48)34-22-19-28(5)40-37-23-31-21-20-30-15-9-10-16-33(30)41(31)47-45(37)49-43(34)40;1-31(2,3)24-15-16-36-27(18-24)22-13-12-14-23(17-22)28-29-25(32(4,5)20-34(29,8)9)19-26-30(28)35(10,11)21-33(26,6)7;/h6-21,23-27H,1-5H3;12,14-19H,20-21H2,1-11H3;/q2*-1;/i5D3;;. The average molecular weight is 1310 g/mol. The Morgan fingerprint density at radius 3 is 1.92 bits per heavy atom. The summed E-state index contributed by atoms with van der Waals surface area (Å²) in [5.74, 6) is 1.00. The summed E-state index contributed by atoms with van der Waals surface area (Å²) in [7, 11) is 0. The molecule has 6 heteroatoms. The molecular formula is C80H80IrN4O-2. The van der Waals surface area contributed by atoms with Crippen LogP contribution in [0.25, 0.3) is 105 Å². The number of para-hydroxylation sites is 2. The Hall–Kier alpha value is -7.50. The zero-order valence-corrected chi connectivity index (χ0v) is 55.0. The van der Waals surface area contributed by atoms with Crippen LogP contribution in [0.3, 0.4) is 0 Å². The number of fused-ring (bicyclic) bond motifs is 9. The topological polar surface area (TPSA) is 56.7 Å². The van der Waals surface area contributed by atoms with Crippen LogP contribution in [-0.4, -0.2) is 19.5 Å². The normalized spacial score (nSPS) is 16.3. The second kappa shape index (κ2) is 21.1. The van der Waals surface area contributed by atoms with Gasteiger partial charge in [0, 0.05) is 52.3 Å². The first kappa shape index (κ1) is 55.1. The zero-order valence-electron chi connectivity index (χ0n) is 55.6. The third kappa shape index (κ3) is 9.84. The van der Waals surface area contributed by atoms with Crippen molar-refractivity contribution in [2.75, 3.05) is 0 Å². The maximum absolute atomic E-state index is 8.55. The van der Waals surface area contributed by atoms with Crippen molar-refractivity contribution in [1.82, 2.24) is 19.5 Å². The van der Waals surface area contributed by atoms with Crippen molar-refractivity contribution in [3.05, 3.63) is 214 Å². The number of aromatic nitrogens is 4. The van der Waals surface area contributed by atoms with E-state index in [0.29, 0.717) is 33.5 Å². The molecule has 4 heterocycles. The number of furan rings is 1. The van der Waals surface area contributed by atoms with Crippen LogP contribution >= 0.6 is 0 Å². The SMILES string of the molecule is CC(C)(C)c1ccnc(-c2[c-]ccc(-c3c4c(cc5c3C(C)(C)CC5(C)C)C(C)(C)CC4(C)C)c2)c1.[2H]C([2H])([2H])c1c[c-]c(-c2nc3ccccc3n2-c2c(C(C)C)cc(-c3ccccc3)cc2C(C)C)c2oc3nc4c(ccc5ccccc54)cc3c12.[Ir]. The van der Waals surface area contributed by atoms with Crippen LogP contribution in [0.15, 0.2) is 162 Å². The smallest absolute Gasteiger partial charge is 0.216 e. The molecule has 0 aliphatic heterocycles. The first-order valence-corrected chi connectivity index (χ1v) is 30.6. The Labute approximate surface area is 527 Å². The summed E-state index contributed by atoms with van der Waals surface area (Å²) in [6.07, 6.45) is 4.30. The molecule has 2 aliphatic rings. The molecule has 2 aliphatic carbocycles. The van der Waals surface area contributed by atoms with E-state index in [9.17, 15) is 0 Å². The maximum Gasteiger partial charge on any atom is 0.216 e. The quantitative estimate of drug-likeness (QED) is 0.118. The van der Waals surface area contributed by atoms with Crippen molar-refractivity contribution in [3.8, 4) is 50.6 Å². The number of imidazole rings is 1. The molecule has 437 valence electrons. The summed E-state index contributed by atoms with van der Waals surface area (Å²) in [5, 5.41) is 4.16. The summed E-state index contributed by atoms with van der Waals surface area (Å²) in [6, 6.07) is 59.7. The Morgan fingerprint density at radius 2 is 1.26 bits per heavy atom. The first-order chi connectivity index (χ1) is 41.5. The molecule has 4 aromatic heterocycles. The largest absolute Gasteiger partial charge is 0.486 e. The molecular weight excluding hydrogens is 1230 g/mol. The monoisotopic (exact) mass is 1310 g/mol. The van der Waals surface area contributed by atoms with E-state index in [1.807, 2.05) is 54.7 Å². The van der Waals surface area contributed by atoms with Crippen LogP contribution in [0.4, 0.5) is 0 Å². The molecule has 0 spiro atoms. The third-order valence-corrected chi connectivity index (χ3v) is 18.7. The first-order valence-electron chi connectivity index (χ1n) is 32.1. The minimum Gasteiger partial charge on any atom is -0.486 e. The van der Waals surface area contributed by atoms with Crippen LogP contribution in [0.1, 0.15) is 177 Å². The van der Waals surface area contributed by atoms with Gasteiger partial charge in [-0.05, 0) is 155 Å². The van der Waals surface area contributed by atoms with Crippen molar-refractivity contribution in [2.24, 2.45) is 0 Å². The van der Waals surface area contributed by atoms with Crippen molar-refractivity contribution in [2.45, 2.75) is 162 Å². The van der Waals surface area contributed by atoms with E-state index in [1.165, 1.54) is 51.8 Å². The number of hydrogen-bond acceptors (Lipinski definition) is 4. The molecule has 0 atom stereocenters. The van der Waals surface area contributed by atoms with Gasteiger partial charge >= 0.3 is 0 Å². The molecule has 0 fully saturated rings. The summed E-state index contributed by atoms with van der Waals surface area (Å²) in [5.41, 5.74) is 23.0. The van der Waals surface area contributed by atoms with Crippen molar-refractivity contribution < 1.29 is 28.6 Å². The number of rotatable bonds is 7. The number of benzene rings is 8. The second-order valence-corrected chi connectivity index (χ2v) is 28.7. The van der Waals surface area contributed by atoms with E-state index in [-0.39, 0.29) is 64.6 Å². The number of aryl methyl sites for hydroxylation is 1. The molecule has 0 bridgehead atoms. The van der Waals surface area contributed by atoms with E-state index in [4.69, 9.17) is 23.5 Å². The fraction of sp³-hybridized carbons (Fsp3) is 0.312. The van der Waals surface area contributed by atoms with Crippen LogP contribution in [0.5, 0.6) is 0 Å². The fourth-order valence-corrected chi connectivity index (χ4v) is 15.2. The summed E-state index contributed by atoms with van der Waals surface area (Å²) in [6.45, 7) is 32.9. The molecule has 5 nitrogen and oxygen atoms in total. The van der Waals surface area contributed by atoms with E-state index >= 15 is 0 Å². The molecule has 0 saturated carbocycles. The van der Waals surface area contributed by atoms with Crippen LogP contribution < -0.4 is 0 Å². The number of nitrogens with zero attached hydrogens (tertiary/aromatic N) is 4. The molecule has 0 N–H and O–H groups in total. The van der Waals surface area contributed by atoms with Crippen LogP contribution in [0, 0.1) is 19.0 Å². The van der Waals surface area contributed by atoms with Gasteiger partial charge < -0.3 is 14.0 Å². The molecule has 12 aromatic rings. The predicted octanol–water partition coefficient (Wildman–Crippen LogP) is 21.7. The molecule has 14 rings (SSSR count). The summed E-state index contributed by atoms with van der Waals surface area (Å²) >= 11 is 0. The van der Waals surface area contributed by atoms with E-state index in [0.717, 1.165) is 49.7 Å². The molecule has 0 unspecified atom stereocenters. The Kier molecular flexibility index (Phi) is 13.5. The third-order valence-electron chi connectivity index (χ3n) is 18.7. The predicted molar refractivity (Wildman–Crippen MR) is 358 cm³/mol. The van der Waals surface area contributed by atoms with Gasteiger partial charge in [-0.2, -0.15) is 0 Å². The number of hydrogen-bond donors (Lipinski definition) is 0. The molecule has 8 aromatic carbocycles. The van der Waals surface area contributed by atoms with Crippen LogP contribution in [-0.2, 0) is 47.2 Å². The van der Waals surface area contributed by atoms with Crippen molar-refractivity contribution >= 4 is 54.8 Å². The minimum absolute atomic E-state index is 0. The molecule has 0 amide bonds. The maximum atomic E-state index is 8.55. The average Bonchev–Trinajstić information content (AvgIpc) is 1.57. The zero-order chi connectivity index (χ0) is 62.4. The van der Waals surface area contributed by atoms with Gasteiger partial charge in [-0.25, -0.2) is 4.98 Å². The van der Waals surface area contributed by atoms with Gasteiger partial charge in [0.25, 0.3) is 0 Å². The minimum atomic E-state index is -2.41. The Balaban J connectivity index is 0.000000183. The van der Waals surface area contributed by atoms with E-state index < -0.39 is 6.85 Å². The van der Waals surface area contributed by atoms with Gasteiger partial charge in [0.15, 0.2) is 0 Å². The van der Waals surface area contributed by atoms with Gasteiger partial charge in [0.2, 0.25) is 5.71 Å². The van der Waals surface area contributed by atoms with Crippen molar-refractivity contribution in [3.63, 3.8) is 0 Å². The van der Waals surface area contributed by atoms with E-state index in [2.05, 4.69) is 218 Å². The Morgan fingerprint density at radius 1 is 0.616 bits per heavy atom. The number of pyridine rings is 2. The van der Waals surface area contributed by atoms with Gasteiger partial charge in [-0.15, -0.1) is 53.1 Å². The van der Waals surface area contributed by atoms with Crippen LogP contribution in [0.2, 0.25) is 0 Å². The fourth-order valence-electron chi connectivity index (χ4n) is 15.2.